The molecular formula is C18H26N2O. The summed E-state index contributed by atoms with van der Waals surface area (Å²) in [6.07, 6.45) is 6.16. The first kappa shape index (κ1) is 14.5. The number of hydrogen-bond acceptors (Lipinski definition) is 2. The zero-order valence-electron chi connectivity index (χ0n) is 13.2. The molecule has 1 aromatic heterocycles. The van der Waals surface area contributed by atoms with E-state index < -0.39 is 0 Å². The minimum atomic E-state index is 0.480. The average molecular weight is 286 g/mol. The molecule has 21 heavy (non-hydrogen) atoms. The molecule has 0 radical (unpaired) electrons. The van der Waals surface area contributed by atoms with Gasteiger partial charge < -0.3 is 15.0 Å². The number of aromatic nitrogens is 1. The van der Waals surface area contributed by atoms with Crippen molar-refractivity contribution < 1.29 is 4.74 Å². The quantitative estimate of drug-likeness (QED) is 0.803. The van der Waals surface area contributed by atoms with Crippen LogP contribution in [0.4, 0.5) is 0 Å². The predicted molar refractivity (Wildman–Crippen MR) is 88.1 cm³/mol. The molecular weight excluding hydrogens is 260 g/mol. The second-order valence-corrected chi connectivity index (χ2v) is 5.91. The Morgan fingerprint density at radius 3 is 3.00 bits per heavy atom. The van der Waals surface area contributed by atoms with Crippen molar-refractivity contribution in [2.45, 2.75) is 52.0 Å². The highest BCUT2D eigenvalue weighted by Crippen LogP contribution is 2.36. The summed E-state index contributed by atoms with van der Waals surface area (Å²) in [5.41, 5.74) is 4.15. The van der Waals surface area contributed by atoms with Gasteiger partial charge in [0.1, 0.15) is 5.75 Å². The fraction of sp³-hybridized carbons (Fsp3) is 0.556. The van der Waals surface area contributed by atoms with Gasteiger partial charge in [0.2, 0.25) is 0 Å². The maximum atomic E-state index is 5.69. The molecule has 1 unspecified atom stereocenters. The fourth-order valence-electron chi connectivity index (χ4n) is 3.42. The van der Waals surface area contributed by atoms with E-state index in [9.17, 15) is 0 Å². The van der Waals surface area contributed by atoms with Gasteiger partial charge in [-0.3, -0.25) is 0 Å². The van der Waals surface area contributed by atoms with Crippen molar-refractivity contribution in [3.05, 3.63) is 29.5 Å². The Labute approximate surface area is 127 Å². The molecule has 0 bridgehead atoms. The van der Waals surface area contributed by atoms with Gasteiger partial charge in [0.05, 0.1) is 6.61 Å². The molecule has 2 N–H and O–H groups in total. The molecule has 0 fully saturated rings. The van der Waals surface area contributed by atoms with E-state index in [2.05, 4.69) is 35.4 Å². The van der Waals surface area contributed by atoms with E-state index in [1.54, 1.807) is 0 Å². The van der Waals surface area contributed by atoms with Gasteiger partial charge in [0.15, 0.2) is 0 Å². The maximum Gasteiger partial charge on any atom is 0.120 e. The molecule has 0 aliphatic heterocycles. The van der Waals surface area contributed by atoms with Gasteiger partial charge in [0, 0.05) is 22.6 Å². The molecule has 1 aliphatic rings. The lowest BCUT2D eigenvalue weighted by Gasteiger charge is -2.17. The van der Waals surface area contributed by atoms with Crippen LogP contribution in [-0.2, 0) is 6.42 Å². The van der Waals surface area contributed by atoms with Crippen molar-refractivity contribution in [2.24, 2.45) is 0 Å². The van der Waals surface area contributed by atoms with Crippen LogP contribution in [0.5, 0.6) is 5.75 Å². The van der Waals surface area contributed by atoms with Gasteiger partial charge in [-0.1, -0.05) is 13.3 Å². The number of H-pyrrole nitrogens is 1. The normalized spacial score (nSPS) is 18.5. The number of rotatable bonds is 5. The Balaban J connectivity index is 2.04. The van der Waals surface area contributed by atoms with Crippen molar-refractivity contribution >= 4 is 10.9 Å². The molecule has 2 aromatic rings. The van der Waals surface area contributed by atoms with Crippen LogP contribution in [0.2, 0.25) is 0 Å². The van der Waals surface area contributed by atoms with Crippen LogP contribution in [-0.4, -0.2) is 18.1 Å². The van der Waals surface area contributed by atoms with Crippen molar-refractivity contribution in [1.82, 2.24) is 10.3 Å². The summed E-state index contributed by atoms with van der Waals surface area (Å²) in [7, 11) is 0. The van der Waals surface area contributed by atoms with Gasteiger partial charge in [-0.15, -0.1) is 0 Å². The van der Waals surface area contributed by atoms with Crippen LogP contribution < -0.4 is 10.1 Å². The molecule has 3 rings (SSSR count). The molecule has 1 aromatic carbocycles. The topological polar surface area (TPSA) is 37.0 Å². The SMILES string of the molecule is CCCNC1CCCCc2[nH]c3ccc(OCC)cc3c21. The maximum absolute atomic E-state index is 5.69. The number of benzene rings is 1. The highest BCUT2D eigenvalue weighted by molar-refractivity contribution is 5.86. The Hall–Kier alpha value is -1.48. The monoisotopic (exact) mass is 286 g/mol. The number of nitrogens with one attached hydrogen (secondary N) is 2. The second-order valence-electron chi connectivity index (χ2n) is 5.91. The zero-order valence-corrected chi connectivity index (χ0v) is 13.2. The van der Waals surface area contributed by atoms with Crippen molar-refractivity contribution in [1.29, 1.82) is 0 Å². The summed E-state index contributed by atoms with van der Waals surface area (Å²) in [6.45, 7) is 6.07. The molecule has 3 nitrogen and oxygen atoms in total. The lowest BCUT2D eigenvalue weighted by Crippen LogP contribution is -2.22. The minimum Gasteiger partial charge on any atom is -0.494 e. The first-order valence-electron chi connectivity index (χ1n) is 8.34. The van der Waals surface area contributed by atoms with Crippen LogP contribution in [0, 0.1) is 0 Å². The summed E-state index contributed by atoms with van der Waals surface area (Å²) in [4.78, 5) is 3.64. The van der Waals surface area contributed by atoms with E-state index in [0.717, 1.165) is 25.3 Å². The highest BCUT2D eigenvalue weighted by atomic mass is 16.5. The first-order valence-corrected chi connectivity index (χ1v) is 8.34. The molecule has 1 atom stereocenters. The van der Waals surface area contributed by atoms with Crippen LogP contribution in [0.3, 0.4) is 0 Å². The van der Waals surface area contributed by atoms with Gasteiger partial charge in [0.25, 0.3) is 0 Å². The molecule has 1 heterocycles. The van der Waals surface area contributed by atoms with Crippen molar-refractivity contribution in [2.75, 3.05) is 13.2 Å². The van der Waals surface area contributed by atoms with E-state index >= 15 is 0 Å². The Morgan fingerprint density at radius 1 is 1.29 bits per heavy atom. The minimum absolute atomic E-state index is 0.480. The summed E-state index contributed by atoms with van der Waals surface area (Å²) in [6, 6.07) is 6.91. The molecule has 114 valence electrons. The van der Waals surface area contributed by atoms with E-state index in [-0.39, 0.29) is 0 Å². The van der Waals surface area contributed by atoms with Crippen molar-refractivity contribution in [3.8, 4) is 5.75 Å². The number of hydrogen-bond donors (Lipinski definition) is 2. The van der Waals surface area contributed by atoms with Crippen LogP contribution in [0.15, 0.2) is 18.2 Å². The third kappa shape index (κ3) is 2.93. The van der Waals surface area contributed by atoms with E-state index in [0.29, 0.717) is 6.04 Å². The van der Waals surface area contributed by atoms with E-state index in [4.69, 9.17) is 4.74 Å². The van der Waals surface area contributed by atoms with Crippen LogP contribution in [0.1, 0.15) is 56.8 Å². The summed E-state index contributed by atoms with van der Waals surface area (Å²) in [5.74, 6) is 0.977. The third-order valence-electron chi connectivity index (χ3n) is 4.36. The largest absolute Gasteiger partial charge is 0.494 e. The van der Waals surface area contributed by atoms with Crippen LogP contribution in [0.25, 0.3) is 10.9 Å². The molecule has 3 heteroatoms. The third-order valence-corrected chi connectivity index (χ3v) is 4.36. The zero-order chi connectivity index (χ0) is 14.7. The Bertz CT molecular complexity index is 603. The van der Waals surface area contributed by atoms with Crippen LogP contribution >= 0.6 is 0 Å². The second kappa shape index (κ2) is 6.52. The van der Waals surface area contributed by atoms with Gasteiger partial charge in [-0.05, 0) is 62.9 Å². The molecule has 0 amide bonds. The number of aryl methyl sites for hydroxylation is 1. The number of fused-ring (bicyclic) bond motifs is 3. The van der Waals surface area contributed by atoms with Gasteiger partial charge >= 0.3 is 0 Å². The molecule has 0 spiro atoms. The highest BCUT2D eigenvalue weighted by Gasteiger charge is 2.22. The molecule has 0 saturated heterocycles. The standard InChI is InChI=1S/C18H26N2O/c1-3-11-19-16-7-5-6-8-17-18(16)14-12-13(21-4-2)9-10-15(14)20-17/h9-10,12,16,19-20H,3-8,11H2,1-2H3. The number of aromatic amines is 1. The number of ether oxygens (including phenoxy) is 1. The Morgan fingerprint density at radius 2 is 2.19 bits per heavy atom. The fourth-order valence-corrected chi connectivity index (χ4v) is 3.42. The summed E-state index contributed by atoms with van der Waals surface area (Å²) >= 11 is 0. The summed E-state index contributed by atoms with van der Waals surface area (Å²) < 4.78 is 5.69. The summed E-state index contributed by atoms with van der Waals surface area (Å²) in [5, 5.41) is 5.08. The smallest absolute Gasteiger partial charge is 0.120 e. The van der Waals surface area contributed by atoms with Crippen molar-refractivity contribution in [3.63, 3.8) is 0 Å². The first-order chi connectivity index (χ1) is 10.3. The average Bonchev–Trinajstić information content (AvgIpc) is 2.72. The van der Waals surface area contributed by atoms with Gasteiger partial charge in [-0.2, -0.15) is 0 Å². The predicted octanol–water partition coefficient (Wildman–Crippen LogP) is 4.33. The van der Waals surface area contributed by atoms with E-state index in [1.807, 2.05) is 6.92 Å². The van der Waals surface area contributed by atoms with E-state index in [1.165, 1.54) is 47.8 Å². The lowest BCUT2D eigenvalue weighted by molar-refractivity contribution is 0.340. The lowest BCUT2D eigenvalue weighted by atomic mass is 10.0. The van der Waals surface area contributed by atoms with Gasteiger partial charge in [-0.25, -0.2) is 0 Å². The molecule has 1 aliphatic carbocycles. The molecule has 0 saturated carbocycles. The Kier molecular flexibility index (Phi) is 4.49.